The highest BCUT2D eigenvalue weighted by molar-refractivity contribution is 5.92. The number of amides is 1. The van der Waals surface area contributed by atoms with E-state index in [2.05, 4.69) is 41.6 Å². The number of carbonyl (C=O) groups is 1. The molecule has 2 aromatic carbocycles. The maximum absolute atomic E-state index is 13.3. The summed E-state index contributed by atoms with van der Waals surface area (Å²) in [4.78, 5) is 27.5. The van der Waals surface area contributed by atoms with Crippen molar-refractivity contribution in [2.45, 2.75) is 19.4 Å². The summed E-state index contributed by atoms with van der Waals surface area (Å²) in [5.41, 5.74) is 3.01. The fourth-order valence-corrected chi connectivity index (χ4v) is 3.65. The van der Waals surface area contributed by atoms with Crippen LogP contribution >= 0.6 is 0 Å². The molecule has 6 heteroatoms. The zero-order chi connectivity index (χ0) is 20.2. The first kappa shape index (κ1) is 19.1. The highest BCUT2D eigenvalue weighted by Gasteiger charge is 2.29. The first-order valence-corrected chi connectivity index (χ1v) is 9.93. The van der Waals surface area contributed by atoms with Crippen LogP contribution in [0.4, 0.5) is 0 Å². The molecule has 1 aliphatic heterocycles. The minimum absolute atomic E-state index is 0.0685. The van der Waals surface area contributed by atoms with E-state index < -0.39 is 0 Å². The molecule has 6 nitrogen and oxygen atoms in total. The Labute approximate surface area is 169 Å². The van der Waals surface area contributed by atoms with Crippen LogP contribution in [0, 0.1) is 0 Å². The van der Waals surface area contributed by atoms with Crippen LogP contribution < -0.4 is 10.9 Å². The van der Waals surface area contributed by atoms with Crippen molar-refractivity contribution < 1.29 is 4.79 Å². The topological polar surface area (TPSA) is 67.2 Å². The maximum atomic E-state index is 13.3. The minimum Gasteiger partial charge on any atom is -0.328 e. The van der Waals surface area contributed by atoms with E-state index in [0.717, 1.165) is 18.5 Å². The molecule has 1 aromatic heterocycles. The van der Waals surface area contributed by atoms with E-state index in [1.54, 1.807) is 12.1 Å². The lowest BCUT2D eigenvalue weighted by Gasteiger charge is -2.36. The molecule has 2 heterocycles. The molecule has 1 fully saturated rings. The van der Waals surface area contributed by atoms with Crippen molar-refractivity contribution >= 4 is 5.91 Å². The predicted octanol–water partition coefficient (Wildman–Crippen LogP) is 2.58. The fraction of sp³-hybridized carbons (Fsp3) is 0.261. The largest absolute Gasteiger partial charge is 0.328 e. The van der Waals surface area contributed by atoms with Crippen molar-refractivity contribution in [2.24, 2.45) is 0 Å². The van der Waals surface area contributed by atoms with Crippen LogP contribution in [0.1, 0.15) is 34.6 Å². The van der Waals surface area contributed by atoms with Gasteiger partial charge < -0.3 is 10.2 Å². The van der Waals surface area contributed by atoms with Crippen LogP contribution in [0.15, 0.2) is 71.5 Å². The van der Waals surface area contributed by atoms with Gasteiger partial charge >= 0.3 is 0 Å². The maximum Gasteiger partial charge on any atom is 0.274 e. The fourth-order valence-electron chi connectivity index (χ4n) is 3.65. The summed E-state index contributed by atoms with van der Waals surface area (Å²) in [5.74, 6) is -0.166. The average molecular weight is 388 g/mol. The first-order valence-electron chi connectivity index (χ1n) is 9.93. The molecule has 1 N–H and O–H groups in total. The number of nitrogens with one attached hydrogen (secondary N) is 1. The van der Waals surface area contributed by atoms with Gasteiger partial charge in [0.2, 0.25) is 0 Å². The Balaban J connectivity index is 1.66. The van der Waals surface area contributed by atoms with E-state index in [4.69, 9.17) is 0 Å². The van der Waals surface area contributed by atoms with Gasteiger partial charge in [0.25, 0.3) is 11.5 Å². The lowest BCUT2D eigenvalue weighted by atomic mass is 10.0. The van der Waals surface area contributed by atoms with Gasteiger partial charge in [0.1, 0.15) is 5.69 Å². The highest BCUT2D eigenvalue weighted by Crippen LogP contribution is 2.24. The first-order chi connectivity index (χ1) is 14.2. The number of benzene rings is 2. The second-order valence-corrected chi connectivity index (χ2v) is 7.12. The Morgan fingerprint density at radius 2 is 1.83 bits per heavy atom. The summed E-state index contributed by atoms with van der Waals surface area (Å²) in [7, 11) is 0. The van der Waals surface area contributed by atoms with E-state index in [0.29, 0.717) is 18.8 Å². The molecular weight excluding hydrogens is 364 g/mol. The third kappa shape index (κ3) is 3.98. The average Bonchev–Trinajstić information content (AvgIpc) is 2.79. The molecular formula is C23H24N4O2. The summed E-state index contributed by atoms with van der Waals surface area (Å²) < 4.78 is 1.28. The van der Waals surface area contributed by atoms with Gasteiger partial charge in [-0.3, -0.25) is 9.59 Å². The summed E-state index contributed by atoms with van der Waals surface area (Å²) in [6.45, 7) is 4.13. The number of aryl methyl sites for hydroxylation is 1. The molecule has 1 atom stereocenters. The van der Waals surface area contributed by atoms with E-state index >= 15 is 0 Å². The molecule has 0 radical (unpaired) electrons. The van der Waals surface area contributed by atoms with Gasteiger partial charge in [-0.2, -0.15) is 9.78 Å². The van der Waals surface area contributed by atoms with E-state index in [1.807, 2.05) is 23.1 Å². The highest BCUT2D eigenvalue weighted by atomic mass is 16.2. The van der Waals surface area contributed by atoms with Gasteiger partial charge in [-0.25, -0.2) is 0 Å². The zero-order valence-electron chi connectivity index (χ0n) is 16.4. The summed E-state index contributed by atoms with van der Waals surface area (Å²) in [6.07, 6.45) is 0.983. The number of nitrogens with zero attached hydrogens (tertiary/aromatic N) is 3. The van der Waals surface area contributed by atoms with Crippen LogP contribution in [0.3, 0.4) is 0 Å². The second-order valence-electron chi connectivity index (χ2n) is 7.12. The number of piperazine rings is 1. The molecule has 1 unspecified atom stereocenters. The summed E-state index contributed by atoms with van der Waals surface area (Å²) in [6, 6.07) is 20.4. The molecule has 148 valence electrons. The number of rotatable bonds is 4. The van der Waals surface area contributed by atoms with Gasteiger partial charge in [0, 0.05) is 25.7 Å². The summed E-state index contributed by atoms with van der Waals surface area (Å²) >= 11 is 0. The smallest absolute Gasteiger partial charge is 0.274 e. The minimum atomic E-state index is -0.264. The molecule has 4 rings (SSSR count). The van der Waals surface area contributed by atoms with Crippen LogP contribution in [0.2, 0.25) is 0 Å². The molecule has 29 heavy (non-hydrogen) atoms. The molecule has 0 aliphatic carbocycles. The Bertz CT molecular complexity index is 1040. The van der Waals surface area contributed by atoms with Crippen molar-refractivity contribution in [1.82, 2.24) is 20.0 Å². The Morgan fingerprint density at radius 3 is 2.55 bits per heavy atom. The van der Waals surface area contributed by atoms with E-state index in [1.165, 1.54) is 22.4 Å². The van der Waals surface area contributed by atoms with Crippen LogP contribution in [0.25, 0.3) is 5.69 Å². The summed E-state index contributed by atoms with van der Waals surface area (Å²) in [5, 5.41) is 7.74. The lowest BCUT2D eigenvalue weighted by molar-refractivity contribution is 0.0626. The Hall–Kier alpha value is -3.25. The van der Waals surface area contributed by atoms with E-state index in [9.17, 15) is 9.59 Å². The molecule has 1 amide bonds. The van der Waals surface area contributed by atoms with Crippen LogP contribution in [-0.2, 0) is 6.42 Å². The van der Waals surface area contributed by atoms with Gasteiger partial charge in [-0.05, 0) is 35.7 Å². The predicted molar refractivity (Wildman–Crippen MR) is 112 cm³/mol. The number of carbonyl (C=O) groups excluding carboxylic acids is 1. The van der Waals surface area contributed by atoms with E-state index in [-0.39, 0.29) is 23.2 Å². The molecule has 1 aliphatic rings. The zero-order valence-corrected chi connectivity index (χ0v) is 16.4. The second kappa shape index (κ2) is 8.41. The van der Waals surface area contributed by atoms with Crippen molar-refractivity contribution in [3.05, 3.63) is 93.9 Å². The van der Waals surface area contributed by atoms with Gasteiger partial charge in [-0.15, -0.1) is 0 Å². The molecule has 0 spiro atoms. The normalized spacial score (nSPS) is 16.6. The van der Waals surface area contributed by atoms with Crippen LogP contribution in [-0.4, -0.2) is 40.2 Å². The molecule has 3 aromatic rings. The third-order valence-corrected chi connectivity index (χ3v) is 5.30. The molecule has 0 bridgehead atoms. The molecule has 1 saturated heterocycles. The Morgan fingerprint density at radius 1 is 1.07 bits per heavy atom. The van der Waals surface area contributed by atoms with Crippen molar-refractivity contribution in [1.29, 1.82) is 0 Å². The number of hydrogen-bond acceptors (Lipinski definition) is 4. The van der Waals surface area contributed by atoms with Gasteiger partial charge in [-0.1, -0.05) is 49.4 Å². The third-order valence-electron chi connectivity index (χ3n) is 5.30. The number of para-hydroxylation sites is 1. The monoisotopic (exact) mass is 388 g/mol. The van der Waals surface area contributed by atoms with Crippen LogP contribution in [0.5, 0.6) is 0 Å². The van der Waals surface area contributed by atoms with Gasteiger partial charge in [0.05, 0.1) is 11.7 Å². The quantitative estimate of drug-likeness (QED) is 0.746. The standard InChI is InChI=1S/C23H24N4O2/c1-2-17-8-10-18(11-9-17)21-16-24-14-15-26(21)23(29)20-12-13-22(28)27(25-20)19-6-4-3-5-7-19/h3-13,21,24H,2,14-16H2,1H3. The molecule has 0 saturated carbocycles. The van der Waals surface area contributed by atoms with Crippen molar-refractivity contribution in [3.8, 4) is 5.69 Å². The van der Waals surface area contributed by atoms with Crippen molar-refractivity contribution in [3.63, 3.8) is 0 Å². The van der Waals surface area contributed by atoms with Crippen molar-refractivity contribution in [2.75, 3.05) is 19.6 Å². The number of hydrogen-bond donors (Lipinski definition) is 1. The van der Waals surface area contributed by atoms with Gasteiger partial charge in [0.15, 0.2) is 0 Å². The Kier molecular flexibility index (Phi) is 5.53. The lowest BCUT2D eigenvalue weighted by Crippen LogP contribution is -2.49. The SMILES string of the molecule is CCc1ccc(C2CNCCN2C(=O)c2ccc(=O)n(-c3ccccc3)n2)cc1. The number of aromatic nitrogens is 2.